The van der Waals surface area contributed by atoms with Crippen LogP contribution >= 0.6 is 0 Å². The Hall–Kier alpha value is -5.88. The zero-order valence-corrected chi connectivity index (χ0v) is 33.5. The number of aliphatic hydroxyl groups is 3. The van der Waals surface area contributed by atoms with Crippen LogP contribution in [-0.4, -0.2) is 65.9 Å². The third-order valence-electron chi connectivity index (χ3n) is 10.3. The van der Waals surface area contributed by atoms with Gasteiger partial charge >= 0.3 is 11.9 Å². The maximum absolute atomic E-state index is 13.9. The van der Waals surface area contributed by atoms with Crippen molar-refractivity contribution in [2.24, 2.45) is 0 Å². The molecule has 0 spiro atoms. The van der Waals surface area contributed by atoms with Crippen molar-refractivity contribution in [1.29, 1.82) is 0 Å². The lowest BCUT2D eigenvalue weighted by molar-refractivity contribution is -0.156. The van der Waals surface area contributed by atoms with Crippen LogP contribution in [0.15, 0.2) is 109 Å². The first-order valence-electron chi connectivity index (χ1n) is 19.8. The summed E-state index contributed by atoms with van der Waals surface area (Å²) in [5.41, 5.74) is 6.72. The average molecular weight is 805 g/mol. The van der Waals surface area contributed by atoms with Gasteiger partial charge < -0.3 is 34.3 Å². The second-order valence-corrected chi connectivity index (χ2v) is 15.4. The summed E-state index contributed by atoms with van der Waals surface area (Å²) in [6.45, 7) is 8.13. The van der Waals surface area contributed by atoms with Crippen molar-refractivity contribution < 1.29 is 43.5 Å². The van der Waals surface area contributed by atoms with E-state index in [4.69, 9.17) is 4.74 Å². The van der Waals surface area contributed by atoms with Crippen LogP contribution in [0.3, 0.4) is 0 Å². The fourth-order valence-corrected chi connectivity index (χ4v) is 7.83. The number of halogens is 2. The number of para-hydroxylation sites is 2. The number of aliphatic hydroxyl groups excluding tert-OH is 3. The summed E-state index contributed by atoms with van der Waals surface area (Å²) >= 11 is 0. The highest BCUT2D eigenvalue weighted by Crippen LogP contribution is 2.39. The molecule has 0 saturated heterocycles. The Labute approximate surface area is 342 Å². The molecule has 0 aliphatic carbocycles. The molecule has 6 aromatic rings. The van der Waals surface area contributed by atoms with Crippen molar-refractivity contribution >= 4 is 45.9 Å². The summed E-state index contributed by atoms with van der Waals surface area (Å²) in [7, 11) is 0. The first-order valence-corrected chi connectivity index (χ1v) is 19.8. The van der Waals surface area contributed by atoms with E-state index < -0.39 is 49.2 Å². The monoisotopic (exact) mass is 804 g/mol. The number of hydrogen-bond donors (Lipinski definition) is 4. The molecule has 308 valence electrons. The predicted octanol–water partition coefficient (Wildman–Crippen LogP) is 9.74. The molecular formula is C48H50F2N2O7. The van der Waals surface area contributed by atoms with Gasteiger partial charge in [0.15, 0.2) is 0 Å². The first kappa shape index (κ1) is 42.7. The highest BCUT2D eigenvalue weighted by atomic mass is 19.1. The zero-order valence-electron chi connectivity index (χ0n) is 33.5. The summed E-state index contributed by atoms with van der Waals surface area (Å²) in [5, 5.41) is 44.4. The minimum Gasteiger partial charge on any atom is -0.481 e. The van der Waals surface area contributed by atoms with Crippen LogP contribution in [0.4, 0.5) is 8.78 Å². The maximum atomic E-state index is 13.9. The molecule has 0 aliphatic rings. The summed E-state index contributed by atoms with van der Waals surface area (Å²) in [4.78, 5) is 24.8. The lowest BCUT2D eigenvalue weighted by atomic mass is 10.0. The van der Waals surface area contributed by atoms with Crippen molar-refractivity contribution in [2.45, 2.75) is 89.9 Å². The van der Waals surface area contributed by atoms with Crippen molar-refractivity contribution in [3.63, 3.8) is 0 Å². The van der Waals surface area contributed by atoms with E-state index in [9.17, 15) is 38.8 Å². The van der Waals surface area contributed by atoms with E-state index in [-0.39, 0.29) is 36.6 Å². The third-order valence-corrected chi connectivity index (χ3v) is 10.3. The van der Waals surface area contributed by atoms with Gasteiger partial charge in [-0.05, 0) is 87.4 Å². The third kappa shape index (κ3) is 10.1. The van der Waals surface area contributed by atoms with Gasteiger partial charge in [0, 0.05) is 69.2 Å². The van der Waals surface area contributed by atoms with E-state index in [2.05, 4.69) is 9.13 Å². The molecule has 6 rings (SSSR count). The molecule has 0 radical (unpaired) electrons. The molecule has 4 atom stereocenters. The Kier molecular flexibility index (Phi) is 13.6. The number of carboxylic acids is 1. The molecule has 59 heavy (non-hydrogen) atoms. The van der Waals surface area contributed by atoms with Crippen LogP contribution in [0, 0.1) is 11.6 Å². The molecule has 0 aliphatic heterocycles. The van der Waals surface area contributed by atoms with Crippen molar-refractivity contribution in [2.75, 3.05) is 0 Å². The molecular weight excluding hydrogens is 755 g/mol. The van der Waals surface area contributed by atoms with Gasteiger partial charge in [0.25, 0.3) is 0 Å². The van der Waals surface area contributed by atoms with Crippen molar-refractivity contribution in [3.8, 4) is 22.3 Å². The number of hydrogen-bond acceptors (Lipinski definition) is 6. The number of nitrogens with zero attached hydrogens (tertiary/aromatic N) is 2. The molecule has 9 nitrogen and oxygen atoms in total. The molecule has 0 fully saturated rings. The smallest absolute Gasteiger partial charge is 0.308 e. The van der Waals surface area contributed by atoms with Gasteiger partial charge in [0.05, 0.1) is 31.2 Å². The molecule has 11 heteroatoms. The molecule has 2 aromatic heterocycles. The van der Waals surface area contributed by atoms with E-state index in [0.717, 1.165) is 55.4 Å². The van der Waals surface area contributed by atoms with E-state index in [1.165, 1.54) is 36.4 Å². The van der Waals surface area contributed by atoms with Crippen LogP contribution < -0.4 is 0 Å². The number of carboxylic acid groups (broad SMARTS) is 1. The number of carbonyl (C=O) groups excluding carboxylic acids is 1. The molecule has 0 unspecified atom stereocenters. The Bertz CT molecular complexity index is 2460. The van der Waals surface area contributed by atoms with Crippen LogP contribution in [0.25, 0.3) is 56.2 Å². The summed E-state index contributed by atoms with van der Waals surface area (Å²) in [5.74, 6) is -2.84. The standard InChI is InChI=1S/C48H50F2N2O7/c1-29(2)51-41-11-7-5-9-39(41)47(31-13-17-33(49)18-14-31)43(51)23-21-35(53)25-37(55)27-46(58)59-38(28-45(56)57)26-36(54)22-24-44-48(32-15-19-34(50)20-16-32)40-10-6-8-12-42(40)52(44)30(3)4/h5-24,29-30,35-38,53-55H,25-28H2,1-4H3,(H,56,57)/b23-21+,24-22+/t35-,36+,37-,38+/m1/s1. The lowest BCUT2D eigenvalue weighted by Crippen LogP contribution is -2.28. The minimum atomic E-state index is -1.33. The highest BCUT2D eigenvalue weighted by molar-refractivity contribution is 6.02. The molecule has 0 bridgehead atoms. The van der Waals surface area contributed by atoms with E-state index in [1.54, 1.807) is 36.4 Å². The number of esters is 1. The van der Waals surface area contributed by atoms with Crippen LogP contribution in [0.5, 0.6) is 0 Å². The largest absolute Gasteiger partial charge is 0.481 e. The molecule has 4 aromatic carbocycles. The van der Waals surface area contributed by atoms with Gasteiger partial charge in [-0.25, -0.2) is 8.78 Å². The second-order valence-electron chi connectivity index (χ2n) is 15.4. The SMILES string of the molecule is CC(C)n1c(/C=C/[C@@H](O)C[C@@H](O)CC(=O)O[C@H](CC(=O)O)C[C@@H](O)/C=C/c2c(-c3ccc(F)cc3)c3ccccc3n2C(C)C)c(-c2ccc(F)cc2)c2ccccc21. The fourth-order valence-electron chi connectivity index (χ4n) is 7.83. The number of ether oxygens (including phenoxy) is 1. The van der Waals surface area contributed by atoms with Crippen LogP contribution in [-0.2, 0) is 14.3 Å². The number of aromatic nitrogens is 2. The maximum Gasteiger partial charge on any atom is 0.308 e. The Morgan fingerprint density at radius 1 is 0.627 bits per heavy atom. The Balaban J connectivity index is 1.14. The molecule has 4 N–H and O–H groups in total. The predicted molar refractivity (Wildman–Crippen MR) is 228 cm³/mol. The quantitative estimate of drug-likeness (QED) is 0.0675. The summed E-state index contributed by atoms with van der Waals surface area (Å²) < 4.78 is 37.5. The fraction of sp³-hybridized carbons (Fsp3) is 0.292. The van der Waals surface area contributed by atoms with Gasteiger partial charge in [-0.15, -0.1) is 0 Å². The van der Waals surface area contributed by atoms with Gasteiger partial charge in [0.2, 0.25) is 0 Å². The van der Waals surface area contributed by atoms with Crippen molar-refractivity contribution in [1.82, 2.24) is 9.13 Å². The number of fused-ring (bicyclic) bond motifs is 2. The molecule has 0 saturated carbocycles. The Morgan fingerprint density at radius 3 is 1.47 bits per heavy atom. The first-order chi connectivity index (χ1) is 28.2. The Morgan fingerprint density at radius 2 is 1.05 bits per heavy atom. The second kappa shape index (κ2) is 18.8. The normalized spacial score (nSPS) is 14.2. The van der Waals surface area contributed by atoms with Gasteiger partial charge in [0.1, 0.15) is 17.7 Å². The highest BCUT2D eigenvalue weighted by Gasteiger charge is 2.25. The van der Waals surface area contributed by atoms with Gasteiger partial charge in [-0.2, -0.15) is 0 Å². The number of aliphatic carboxylic acids is 1. The summed E-state index contributed by atoms with van der Waals surface area (Å²) in [6, 6.07) is 28.1. The van der Waals surface area contributed by atoms with Crippen LogP contribution in [0.2, 0.25) is 0 Å². The van der Waals surface area contributed by atoms with Crippen LogP contribution in [0.1, 0.15) is 76.8 Å². The van der Waals surface area contributed by atoms with E-state index >= 15 is 0 Å². The van der Waals surface area contributed by atoms with E-state index in [0.29, 0.717) is 0 Å². The minimum absolute atomic E-state index is 0.0117. The van der Waals surface area contributed by atoms with E-state index in [1.807, 2.05) is 76.2 Å². The zero-order chi connectivity index (χ0) is 42.4. The van der Waals surface area contributed by atoms with Crippen molar-refractivity contribution in [3.05, 3.63) is 132 Å². The number of carbonyl (C=O) groups is 2. The summed E-state index contributed by atoms with van der Waals surface area (Å²) in [6.07, 6.45) is 0.0797. The topological polar surface area (TPSA) is 134 Å². The van der Waals surface area contributed by atoms with Gasteiger partial charge in [-0.3, -0.25) is 9.59 Å². The number of rotatable bonds is 17. The molecule has 0 amide bonds. The van der Waals surface area contributed by atoms with Gasteiger partial charge in [-0.1, -0.05) is 72.8 Å². The average Bonchev–Trinajstić information content (AvgIpc) is 3.69. The lowest BCUT2D eigenvalue weighted by Gasteiger charge is -2.20. The number of benzene rings is 4. The molecule has 2 heterocycles.